The van der Waals surface area contributed by atoms with Crippen molar-refractivity contribution in [3.63, 3.8) is 0 Å². The second-order valence-electron chi connectivity index (χ2n) is 8.87. The third-order valence-corrected chi connectivity index (χ3v) is 9.07. The first-order valence-electron chi connectivity index (χ1n) is 11.8. The van der Waals surface area contributed by atoms with Crippen LogP contribution in [0.2, 0.25) is 0 Å². The molecule has 0 N–H and O–H groups in total. The molecule has 3 heterocycles. The van der Waals surface area contributed by atoms with E-state index in [0.29, 0.717) is 0 Å². The van der Waals surface area contributed by atoms with Gasteiger partial charge in [0.1, 0.15) is 11.5 Å². The molecule has 0 radical (unpaired) electrons. The molecule has 0 unspecified atom stereocenters. The maximum absolute atomic E-state index is 5.77. The summed E-state index contributed by atoms with van der Waals surface area (Å²) in [4.78, 5) is 7.76. The van der Waals surface area contributed by atoms with E-state index < -0.39 is 0 Å². The van der Waals surface area contributed by atoms with Crippen LogP contribution in [-0.2, 0) is 0 Å². The number of benzene rings is 2. The molecular formula is C30H28O2S3. The second-order valence-corrected chi connectivity index (χ2v) is 12.1. The summed E-state index contributed by atoms with van der Waals surface area (Å²) in [6, 6.07) is 30.2. The number of thiophene rings is 3. The largest absolute Gasteiger partial charge is 0.491 e. The van der Waals surface area contributed by atoms with Gasteiger partial charge in [-0.15, -0.1) is 34.0 Å². The van der Waals surface area contributed by atoms with Gasteiger partial charge >= 0.3 is 0 Å². The lowest BCUT2D eigenvalue weighted by Crippen LogP contribution is -2.05. The quantitative estimate of drug-likeness (QED) is 0.204. The van der Waals surface area contributed by atoms with Crippen molar-refractivity contribution < 1.29 is 9.47 Å². The number of rotatable bonds is 8. The molecule has 0 aliphatic heterocycles. The summed E-state index contributed by atoms with van der Waals surface area (Å²) in [6.07, 6.45) is 0.373. The zero-order chi connectivity index (χ0) is 24.4. The van der Waals surface area contributed by atoms with E-state index in [2.05, 4.69) is 84.9 Å². The number of ether oxygens (including phenoxy) is 2. The zero-order valence-corrected chi connectivity index (χ0v) is 22.7. The van der Waals surface area contributed by atoms with E-state index in [-0.39, 0.29) is 12.2 Å². The molecule has 2 nitrogen and oxygen atoms in total. The van der Waals surface area contributed by atoms with Crippen LogP contribution in [0.5, 0.6) is 11.5 Å². The first-order valence-corrected chi connectivity index (χ1v) is 14.2. The molecule has 178 valence electrons. The summed E-state index contributed by atoms with van der Waals surface area (Å²) < 4.78 is 11.5. The molecule has 5 heteroatoms. The molecule has 0 saturated heterocycles. The van der Waals surface area contributed by atoms with Crippen LogP contribution >= 0.6 is 34.0 Å². The fourth-order valence-corrected chi connectivity index (χ4v) is 7.00. The lowest BCUT2D eigenvalue weighted by Gasteiger charge is -2.09. The first-order chi connectivity index (χ1) is 16.9. The molecule has 0 aliphatic carbocycles. The van der Waals surface area contributed by atoms with Crippen molar-refractivity contribution in [2.45, 2.75) is 39.9 Å². The lowest BCUT2D eigenvalue weighted by atomic mass is 10.2. The summed E-state index contributed by atoms with van der Waals surface area (Å²) in [6.45, 7) is 8.19. The standard InChI is InChI=1S/C30H28O2S3/c1-19(2)31-23-9-5-21(6-10-23)25-13-15-27(33-25)29-17-18-30(35-29)28-16-14-26(34-28)22-7-11-24(12-8-22)32-20(3)4/h5-20H,1-4H3. The van der Waals surface area contributed by atoms with Crippen molar-refractivity contribution >= 4 is 34.0 Å². The molecule has 0 amide bonds. The fraction of sp³-hybridized carbons (Fsp3) is 0.200. The Balaban J connectivity index is 1.30. The van der Waals surface area contributed by atoms with Crippen molar-refractivity contribution in [1.82, 2.24) is 0 Å². The van der Waals surface area contributed by atoms with Gasteiger partial charge in [-0.25, -0.2) is 0 Å². The van der Waals surface area contributed by atoms with E-state index in [0.717, 1.165) is 11.5 Å². The van der Waals surface area contributed by atoms with Crippen LogP contribution < -0.4 is 9.47 Å². The normalized spacial score (nSPS) is 11.4. The highest BCUT2D eigenvalue weighted by Gasteiger charge is 2.12. The van der Waals surface area contributed by atoms with Crippen LogP contribution in [0, 0.1) is 0 Å². The molecule has 0 saturated carbocycles. The van der Waals surface area contributed by atoms with Crippen LogP contribution in [0.25, 0.3) is 40.4 Å². The molecule has 0 fully saturated rings. The Morgan fingerprint density at radius 1 is 0.400 bits per heavy atom. The summed E-state index contributed by atoms with van der Waals surface area (Å²) >= 11 is 5.53. The van der Waals surface area contributed by atoms with Crippen molar-refractivity contribution in [3.05, 3.63) is 84.9 Å². The molecule has 35 heavy (non-hydrogen) atoms. The predicted octanol–water partition coefficient (Wildman–Crippen LogP) is 10.1. The Kier molecular flexibility index (Phi) is 7.09. The molecule has 5 aromatic rings. The van der Waals surface area contributed by atoms with Gasteiger partial charge in [0, 0.05) is 29.3 Å². The van der Waals surface area contributed by atoms with Gasteiger partial charge in [-0.05, 0) is 124 Å². The van der Waals surface area contributed by atoms with Gasteiger partial charge < -0.3 is 9.47 Å². The minimum Gasteiger partial charge on any atom is -0.491 e. The van der Waals surface area contributed by atoms with Gasteiger partial charge in [0.25, 0.3) is 0 Å². The Bertz CT molecular complexity index is 1280. The van der Waals surface area contributed by atoms with Gasteiger partial charge in [-0.1, -0.05) is 0 Å². The van der Waals surface area contributed by atoms with Crippen molar-refractivity contribution in [2.24, 2.45) is 0 Å². The molecule has 3 aromatic heterocycles. The first kappa shape index (κ1) is 23.9. The Labute approximate surface area is 219 Å². The second kappa shape index (κ2) is 10.4. The van der Waals surface area contributed by atoms with E-state index in [1.807, 2.05) is 61.7 Å². The Hall–Kier alpha value is -2.86. The highest BCUT2D eigenvalue weighted by atomic mass is 32.1. The Morgan fingerprint density at radius 2 is 0.686 bits per heavy atom. The lowest BCUT2D eigenvalue weighted by molar-refractivity contribution is 0.242. The zero-order valence-electron chi connectivity index (χ0n) is 20.3. The number of hydrogen-bond acceptors (Lipinski definition) is 5. The predicted molar refractivity (Wildman–Crippen MR) is 153 cm³/mol. The third kappa shape index (κ3) is 5.69. The maximum atomic E-state index is 5.77. The van der Waals surface area contributed by atoms with Crippen molar-refractivity contribution in [2.75, 3.05) is 0 Å². The highest BCUT2D eigenvalue weighted by Crippen LogP contribution is 2.43. The van der Waals surface area contributed by atoms with Gasteiger partial charge in [0.15, 0.2) is 0 Å². The molecule has 0 bridgehead atoms. The topological polar surface area (TPSA) is 18.5 Å². The molecule has 0 aliphatic rings. The summed E-state index contributed by atoms with van der Waals surface area (Å²) in [5.41, 5.74) is 2.45. The van der Waals surface area contributed by atoms with Crippen LogP contribution in [0.1, 0.15) is 27.7 Å². The van der Waals surface area contributed by atoms with Crippen LogP contribution in [0.4, 0.5) is 0 Å². The number of hydrogen-bond donors (Lipinski definition) is 0. The van der Waals surface area contributed by atoms with Gasteiger partial charge in [0.2, 0.25) is 0 Å². The minimum atomic E-state index is 0.187. The monoisotopic (exact) mass is 516 g/mol. The third-order valence-electron chi connectivity index (χ3n) is 5.32. The van der Waals surface area contributed by atoms with E-state index in [4.69, 9.17) is 9.47 Å². The van der Waals surface area contributed by atoms with E-state index in [9.17, 15) is 0 Å². The van der Waals surface area contributed by atoms with E-state index >= 15 is 0 Å². The maximum Gasteiger partial charge on any atom is 0.119 e. The summed E-state index contributed by atoms with van der Waals surface area (Å²) in [5, 5.41) is 0. The average Bonchev–Trinajstić information content (AvgIpc) is 3.59. The van der Waals surface area contributed by atoms with E-state index in [1.165, 1.54) is 40.4 Å². The summed E-state index contributed by atoms with van der Waals surface area (Å²) in [7, 11) is 0. The van der Waals surface area contributed by atoms with Gasteiger partial charge in [0.05, 0.1) is 12.2 Å². The van der Waals surface area contributed by atoms with Gasteiger partial charge in [-0.2, -0.15) is 0 Å². The molecular weight excluding hydrogens is 489 g/mol. The molecule has 5 rings (SSSR count). The van der Waals surface area contributed by atoms with Gasteiger partial charge in [-0.3, -0.25) is 0 Å². The van der Waals surface area contributed by atoms with Crippen molar-refractivity contribution in [3.8, 4) is 51.9 Å². The smallest absolute Gasteiger partial charge is 0.119 e. The van der Waals surface area contributed by atoms with Crippen LogP contribution in [0.3, 0.4) is 0 Å². The highest BCUT2D eigenvalue weighted by molar-refractivity contribution is 7.27. The van der Waals surface area contributed by atoms with Crippen molar-refractivity contribution in [1.29, 1.82) is 0 Å². The minimum absolute atomic E-state index is 0.187. The molecule has 0 atom stereocenters. The van der Waals surface area contributed by atoms with Crippen LogP contribution in [-0.4, -0.2) is 12.2 Å². The van der Waals surface area contributed by atoms with E-state index in [1.54, 1.807) is 0 Å². The molecule has 2 aromatic carbocycles. The Morgan fingerprint density at radius 3 is 1.00 bits per heavy atom. The molecule has 0 spiro atoms. The van der Waals surface area contributed by atoms with Crippen LogP contribution in [0.15, 0.2) is 84.9 Å². The SMILES string of the molecule is CC(C)Oc1ccc(-c2ccc(-c3ccc(-c4ccc(-c5ccc(OC(C)C)cc5)s4)s3)s2)cc1. The fourth-order valence-electron chi connectivity index (χ4n) is 3.79. The summed E-state index contributed by atoms with van der Waals surface area (Å²) in [5.74, 6) is 1.83. The average molecular weight is 517 g/mol.